The lowest BCUT2D eigenvalue weighted by Gasteiger charge is -2.50. The first kappa shape index (κ1) is 37.3. The summed E-state index contributed by atoms with van der Waals surface area (Å²) in [4.78, 5) is 75.2. The summed E-state index contributed by atoms with van der Waals surface area (Å²) in [6.07, 6.45) is -2.78. The second kappa shape index (κ2) is 13.3. The van der Waals surface area contributed by atoms with Crippen LogP contribution in [0.3, 0.4) is 0 Å². The molecule has 2 aliphatic heterocycles. The Morgan fingerprint density at radius 2 is 1.64 bits per heavy atom. The van der Waals surface area contributed by atoms with Crippen molar-refractivity contribution in [2.24, 2.45) is 23.7 Å². The van der Waals surface area contributed by atoms with Gasteiger partial charge in [-0.1, -0.05) is 59.1 Å². The van der Waals surface area contributed by atoms with E-state index in [1.54, 1.807) is 6.08 Å². The van der Waals surface area contributed by atoms with Gasteiger partial charge in [0.2, 0.25) is 11.8 Å². The van der Waals surface area contributed by atoms with Gasteiger partial charge in [0.25, 0.3) is 11.8 Å². The molecular formula is C40H28Cl2F4N4O6. The van der Waals surface area contributed by atoms with Crippen LogP contribution >= 0.6 is 23.2 Å². The minimum atomic E-state index is -4.79. The fraction of sp³-hybridized carbons (Fsp3) is 0.250. The van der Waals surface area contributed by atoms with Crippen LogP contribution in [0.15, 0.2) is 90.6 Å². The van der Waals surface area contributed by atoms with Crippen LogP contribution < -0.4 is 10.3 Å². The van der Waals surface area contributed by atoms with Gasteiger partial charge in [0, 0.05) is 28.3 Å². The van der Waals surface area contributed by atoms with Crippen LogP contribution in [0.2, 0.25) is 10.0 Å². The number of alkyl halides is 3. The van der Waals surface area contributed by atoms with Crippen molar-refractivity contribution in [3.05, 3.63) is 129 Å². The largest absolute Gasteiger partial charge is 0.505 e. The van der Waals surface area contributed by atoms with Gasteiger partial charge in [-0.25, -0.2) is 9.37 Å². The van der Waals surface area contributed by atoms with Crippen LogP contribution in [0, 0.1) is 29.5 Å². The highest BCUT2D eigenvalue weighted by atomic mass is 35.5. The zero-order chi connectivity index (χ0) is 40.0. The fourth-order valence-corrected chi connectivity index (χ4v) is 9.33. The van der Waals surface area contributed by atoms with Gasteiger partial charge in [-0.2, -0.15) is 18.2 Å². The van der Waals surface area contributed by atoms with Crippen molar-refractivity contribution in [3.63, 3.8) is 0 Å². The fourth-order valence-electron chi connectivity index (χ4n) is 8.99. The lowest BCUT2D eigenvalue weighted by Crippen LogP contribution is -2.53. The highest BCUT2D eigenvalue weighted by Crippen LogP contribution is 2.65. The third-order valence-electron chi connectivity index (χ3n) is 11.4. The van der Waals surface area contributed by atoms with Crippen LogP contribution in [0.5, 0.6) is 5.75 Å². The molecule has 3 fully saturated rings. The zero-order valence-corrected chi connectivity index (χ0v) is 30.5. The SMILES string of the molecule is CC(=O)c1ccc(N2C(=O)C3CC=C4C(CC5C(=O)N(Nc6ncc(C(F)(F)F)cc6Cl)C(=O)C5(c5ccc(Cl)cc5)C4c4cccc(F)c4O)C3C2=O)cc1. The number of nitrogens with zero attached hydrogens (tertiary/aromatic N) is 3. The highest BCUT2D eigenvalue weighted by Gasteiger charge is 2.71. The lowest BCUT2D eigenvalue weighted by molar-refractivity contribution is -0.139. The summed E-state index contributed by atoms with van der Waals surface area (Å²) in [5.74, 6) is -10.9. The number of pyridine rings is 1. The standard InChI is InChI=1S/C40H28Cl2F4N4O6/c1-18(51)19-5-11-23(12-6-19)49-35(53)25-14-13-24-27(31(25)37(49)55)16-28-36(54)50(48-34-29(42)15-21(17-47-34)40(44,45)46)38(56)39(28,20-7-9-22(41)10-8-20)32(24)26-3-2-4-30(43)33(26)52/h2-13,15,17,25,27-28,31-32,52H,14,16H2,1H3,(H,47,48). The number of phenolic OH excluding ortho intramolecular Hbond substituents is 1. The number of carbonyl (C=O) groups excluding carboxylic acids is 5. The van der Waals surface area contributed by atoms with E-state index >= 15 is 9.18 Å². The number of halogens is 6. The minimum absolute atomic E-state index is 0.0201. The molecular weight excluding hydrogens is 779 g/mol. The summed E-state index contributed by atoms with van der Waals surface area (Å²) in [5.41, 5.74) is 0.530. The topological polar surface area (TPSA) is 137 Å². The minimum Gasteiger partial charge on any atom is -0.505 e. The van der Waals surface area contributed by atoms with E-state index in [2.05, 4.69) is 10.4 Å². The van der Waals surface area contributed by atoms with Crippen molar-refractivity contribution >= 4 is 64.1 Å². The van der Waals surface area contributed by atoms with Crippen molar-refractivity contribution in [2.45, 2.75) is 37.3 Å². The van der Waals surface area contributed by atoms with E-state index in [1.165, 1.54) is 67.6 Å². The number of imide groups is 2. The first-order chi connectivity index (χ1) is 26.5. The Kier molecular flexibility index (Phi) is 8.84. The number of rotatable bonds is 6. The first-order valence-electron chi connectivity index (χ1n) is 17.4. The van der Waals surface area contributed by atoms with E-state index in [1.807, 2.05) is 0 Å². The Balaban J connectivity index is 1.30. The monoisotopic (exact) mass is 806 g/mol. The maximum Gasteiger partial charge on any atom is 0.417 e. The van der Waals surface area contributed by atoms with E-state index in [0.29, 0.717) is 28.4 Å². The van der Waals surface area contributed by atoms with Crippen molar-refractivity contribution in [1.29, 1.82) is 0 Å². The van der Waals surface area contributed by atoms with Crippen LogP contribution in [-0.4, -0.2) is 44.5 Å². The molecule has 6 unspecified atom stereocenters. The number of benzene rings is 3. The molecule has 286 valence electrons. The molecule has 4 aliphatic rings. The van der Waals surface area contributed by atoms with Gasteiger partial charge >= 0.3 is 6.18 Å². The van der Waals surface area contributed by atoms with Gasteiger partial charge < -0.3 is 5.11 Å². The summed E-state index contributed by atoms with van der Waals surface area (Å²) in [6, 6.07) is 16.3. The summed E-state index contributed by atoms with van der Waals surface area (Å²) >= 11 is 12.5. The number of aromatic hydroxyl groups is 1. The predicted molar refractivity (Wildman–Crippen MR) is 194 cm³/mol. The number of para-hydroxylation sites is 1. The summed E-state index contributed by atoms with van der Waals surface area (Å²) in [5, 5.41) is 11.7. The Morgan fingerprint density at radius 3 is 2.29 bits per heavy atom. The van der Waals surface area contributed by atoms with Crippen LogP contribution in [0.25, 0.3) is 0 Å². The third kappa shape index (κ3) is 5.52. The number of hydrogen-bond acceptors (Lipinski definition) is 8. The molecule has 3 aromatic carbocycles. The number of allylic oxidation sites excluding steroid dienone is 2. The number of anilines is 2. The maximum absolute atomic E-state index is 15.3. The van der Waals surface area contributed by atoms with Gasteiger partial charge in [-0.05, 0) is 79.8 Å². The number of ketones is 1. The average molecular weight is 808 g/mol. The molecule has 2 saturated heterocycles. The first-order valence-corrected chi connectivity index (χ1v) is 18.1. The molecule has 8 rings (SSSR count). The number of carbonyl (C=O) groups is 5. The molecule has 10 nitrogen and oxygen atoms in total. The van der Waals surface area contributed by atoms with Gasteiger partial charge in [0.05, 0.1) is 39.4 Å². The number of Topliss-reactive ketones (excluding diaryl/α,β-unsaturated/α-hetero) is 1. The van der Waals surface area contributed by atoms with Crippen LogP contribution in [-0.2, 0) is 30.8 Å². The van der Waals surface area contributed by atoms with Gasteiger partial charge in [-0.15, -0.1) is 0 Å². The smallest absolute Gasteiger partial charge is 0.417 e. The molecule has 3 heterocycles. The third-order valence-corrected chi connectivity index (χ3v) is 12.0. The Hall–Kier alpha value is -5.60. The molecule has 16 heteroatoms. The van der Waals surface area contributed by atoms with Crippen LogP contribution in [0.1, 0.15) is 52.7 Å². The Bertz CT molecular complexity index is 2410. The van der Waals surface area contributed by atoms with E-state index in [4.69, 9.17) is 23.2 Å². The number of phenols is 1. The number of hydrazine groups is 1. The number of hydrogen-bond donors (Lipinski definition) is 2. The molecule has 4 aromatic rings. The molecule has 2 N–H and O–H groups in total. The number of amides is 4. The van der Waals surface area contributed by atoms with Gasteiger partial charge in [0.1, 0.15) is 0 Å². The normalized spacial score (nSPS) is 25.8. The van der Waals surface area contributed by atoms with E-state index in [9.17, 15) is 37.5 Å². The summed E-state index contributed by atoms with van der Waals surface area (Å²) < 4.78 is 55.7. The van der Waals surface area contributed by atoms with E-state index in [-0.39, 0.29) is 40.5 Å². The average Bonchev–Trinajstić information content (AvgIpc) is 3.54. The van der Waals surface area contributed by atoms with Crippen LogP contribution in [0.4, 0.5) is 29.1 Å². The summed E-state index contributed by atoms with van der Waals surface area (Å²) in [6.45, 7) is 1.38. The van der Waals surface area contributed by atoms with Crippen molar-refractivity contribution < 1.29 is 46.6 Å². The van der Waals surface area contributed by atoms with Crippen molar-refractivity contribution in [2.75, 3.05) is 10.3 Å². The molecule has 1 saturated carbocycles. The quantitative estimate of drug-likeness (QED) is 0.0879. The predicted octanol–water partition coefficient (Wildman–Crippen LogP) is 7.64. The molecule has 2 aliphatic carbocycles. The molecule has 0 radical (unpaired) electrons. The molecule has 4 amide bonds. The molecule has 0 spiro atoms. The zero-order valence-electron chi connectivity index (χ0n) is 29.0. The molecule has 1 aromatic heterocycles. The lowest BCUT2D eigenvalue weighted by atomic mass is 9.49. The van der Waals surface area contributed by atoms with E-state index < -0.39 is 92.8 Å². The number of aromatic nitrogens is 1. The summed E-state index contributed by atoms with van der Waals surface area (Å²) in [7, 11) is 0. The van der Waals surface area contributed by atoms with Crippen molar-refractivity contribution in [3.8, 4) is 5.75 Å². The van der Waals surface area contributed by atoms with E-state index in [0.717, 1.165) is 11.0 Å². The van der Waals surface area contributed by atoms with Gasteiger partial charge in [-0.3, -0.25) is 34.3 Å². The molecule has 0 bridgehead atoms. The number of nitrogens with one attached hydrogen (secondary N) is 1. The maximum atomic E-state index is 15.3. The Morgan fingerprint density at radius 1 is 0.946 bits per heavy atom. The Labute approximate surface area is 325 Å². The van der Waals surface area contributed by atoms with Gasteiger partial charge in [0.15, 0.2) is 23.2 Å². The second-order valence-electron chi connectivity index (χ2n) is 14.2. The highest BCUT2D eigenvalue weighted by molar-refractivity contribution is 6.33. The molecule has 6 atom stereocenters. The van der Waals surface area contributed by atoms with Crippen molar-refractivity contribution in [1.82, 2.24) is 9.99 Å². The molecule has 56 heavy (non-hydrogen) atoms. The number of fused-ring (bicyclic) bond motifs is 4. The second-order valence-corrected chi connectivity index (χ2v) is 15.1.